The van der Waals surface area contributed by atoms with Gasteiger partial charge in [0.1, 0.15) is 0 Å². The molecule has 0 nitrogen and oxygen atoms in total. The van der Waals surface area contributed by atoms with Crippen LogP contribution in [0.2, 0.25) is 0 Å². The standard InChI is InChI=1S/C12H26S2/c1-11(2)9-13-7-5-6-8-14-10-12(3)4/h11-12H,5-10H2,1-4H3. The van der Waals surface area contributed by atoms with E-state index in [4.69, 9.17) is 0 Å². The molecule has 0 aliphatic carbocycles. The maximum Gasteiger partial charge on any atom is -0.00444 e. The molecule has 0 aromatic heterocycles. The van der Waals surface area contributed by atoms with Crippen LogP contribution >= 0.6 is 23.5 Å². The van der Waals surface area contributed by atoms with Crippen LogP contribution in [0.1, 0.15) is 40.5 Å². The van der Waals surface area contributed by atoms with Crippen molar-refractivity contribution in [3.63, 3.8) is 0 Å². The molecule has 0 atom stereocenters. The van der Waals surface area contributed by atoms with Gasteiger partial charge in [0, 0.05) is 0 Å². The second-order valence-electron chi connectivity index (χ2n) is 4.64. The Bertz CT molecular complexity index is 96.9. The molecule has 0 bridgehead atoms. The SMILES string of the molecule is CC(C)CSCCCCSCC(C)C. The van der Waals surface area contributed by atoms with Crippen molar-refractivity contribution in [2.75, 3.05) is 23.0 Å². The van der Waals surface area contributed by atoms with E-state index < -0.39 is 0 Å². The van der Waals surface area contributed by atoms with Crippen molar-refractivity contribution in [3.05, 3.63) is 0 Å². The largest absolute Gasteiger partial charge is 0.162 e. The van der Waals surface area contributed by atoms with E-state index in [1.807, 2.05) is 0 Å². The summed E-state index contributed by atoms with van der Waals surface area (Å²) >= 11 is 4.23. The van der Waals surface area contributed by atoms with E-state index in [2.05, 4.69) is 51.2 Å². The van der Waals surface area contributed by atoms with Gasteiger partial charge in [-0.2, -0.15) is 23.5 Å². The van der Waals surface area contributed by atoms with Gasteiger partial charge in [0.15, 0.2) is 0 Å². The summed E-state index contributed by atoms with van der Waals surface area (Å²) in [7, 11) is 0. The molecule has 0 fully saturated rings. The Kier molecular flexibility index (Phi) is 10.7. The molecule has 0 aliphatic heterocycles. The first-order valence-corrected chi connectivity index (χ1v) is 8.09. The molecule has 0 aromatic carbocycles. The molecule has 0 N–H and O–H groups in total. The van der Waals surface area contributed by atoms with E-state index >= 15 is 0 Å². The van der Waals surface area contributed by atoms with Crippen molar-refractivity contribution in [1.29, 1.82) is 0 Å². The fourth-order valence-electron chi connectivity index (χ4n) is 1.05. The summed E-state index contributed by atoms with van der Waals surface area (Å²) < 4.78 is 0. The zero-order valence-corrected chi connectivity index (χ0v) is 11.8. The van der Waals surface area contributed by atoms with Crippen LogP contribution in [0.5, 0.6) is 0 Å². The molecular formula is C12H26S2. The Morgan fingerprint density at radius 2 is 1.07 bits per heavy atom. The van der Waals surface area contributed by atoms with Crippen molar-refractivity contribution in [3.8, 4) is 0 Å². The molecule has 14 heavy (non-hydrogen) atoms. The van der Waals surface area contributed by atoms with Crippen LogP contribution in [0.25, 0.3) is 0 Å². The first-order chi connectivity index (χ1) is 6.63. The average molecular weight is 234 g/mol. The van der Waals surface area contributed by atoms with Gasteiger partial charge >= 0.3 is 0 Å². The van der Waals surface area contributed by atoms with Gasteiger partial charge in [-0.3, -0.25) is 0 Å². The van der Waals surface area contributed by atoms with Gasteiger partial charge in [0.05, 0.1) is 0 Å². The lowest BCUT2D eigenvalue weighted by molar-refractivity contribution is 0.747. The van der Waals surface area contributed by atoms with E-state index in [1.54, 1.807) is 0 Å². The second kappa shape index (κ2) is 10.2. The van der Waals surface area contributed by atoms with Gasteiger partial charge in [-0.15, -0.1) is 0 Å². The van der Waals surface area contributed by atoms with Crippen LogP contribution in [0.15, 0.2) is 0 Å². The third-order valence-electron chi connectivity index (χ3n) is 1.73. The minimum Gasteiger partial charge on any atom is -0.162 e. The minimum absolute atomic E-state index is 0.857. The predicted octanol–water partition coefficient (Wildman–Crippen LogP) is 4.55. The van der Waals surface area contributed by atoms with Gasteiger partial charge in [0.25, 0.3) is 0 Å². The van der Waals surface area contributed by atoms with Crippen molar-refractivity contribution in [2.45, 2.75) is 40.5 Å². The lowest BCUT2D eigenvalue weighted by Crippen LogP contribution is -1.94. The maximum absolute atomic E-state index is 2.30. The van der Waals surface area contributed by atoms with E-state index in [-0.39, 0.29) is 0 Å². The Hall–Kier alpha value is 0.700. The molecule has 0 amide bonds. The van der Waals surface area contributed by atoms with E-state index in [1.165, 1.54) is 35.9 Å². The molecular weight excluding hydrogens is 208 g/mol. The lowest BCUT2D eigenvalue weighted by Gasteiger charge is -2.05. The highest BCUT2D eigenvalue weighted by molar-refractivity contribution is 7.99. The summed E-state index contributed by atoms with van der Waals surface area (Å²) in [4.78, 5) is 0. The molecule has 2 heteroatoms. The number of hydrogen-bond acceptors (Lipinski definition) is 2. The first-order valence-electron chi connectivity index (χ1n) is 5.78. The molecule has 0 rings (SSSR count). The van der Waals surface area contributed by atoms with E-state index in [0.29, 0.717) is 0 Å². The van der Waals surface area contributed by atoms with Crippen LogP contribution in [-0.2, 0) is 0 Å². The summed E-state index contributed by atoms with van der Waals surface area (Å²) in [6.07, 6.45) is 2.81. The molecule has 0 saturated carbocycles. The van der Waals surface area contributed by atoms with Gasteiger partial charge in [-0.05, 0) is 47.7 Å². The fourth-order valence-corrected chi connectivity index (χ4v) is 3.14. The first kappa shape index (κ1) is 14.7. The van der Waals surface area contributed by atoms with Gasteiger partial charge in [-0.25, -0.2) is 0 Å². The third kappa shape index (κ3) is 12.7. The normalized spacial score (nSPS) is 11.6. The van der Waals surface area contributed by atoms with Crippen LogP contribution in [0.4, 0.5) is 0 Å². The highest BCUT2D eigenvalue weighted by Crippen LogP contribution is 2.13. The fraction of sp³-hybridized carbons (Fsp3) is 1.00. The maximum atomic E-state index is 2.30. The smallest absolute Gasteiger partial charge is 0.00444 e. The van der Waals surface area contributed by atoms with Crippen LogP contribution < -0.4 is 0 Å². The number of hydrogen-bond donors (Lipinski definition) is 0. The van der Waals surface area contributed by atoms with Crippen molar-refractivity contribution in [1.82, 2.24) is 0 Å². The summed E-state index contributed by atoms with van der Waals surface area (Å²) in [5.41, 5.74) is 0. The zero-order valence-electron chi connectivity index (χ0n) is 10.2. The van der Waals surface area contributed by atoms with Gasteiger partial charge in [-0.1, -0.05) is 27.7 Å². The van der Waals surface area contributed by atoms with Crippen LogP contribution in [0, 0.1) is 11.8 Å². The van der Waals surface area contributed by atoms with E-state index in [0.717, 1.165) is 11.8 Å². The molecule has 0 spiro atoms. The summed E-state index contributed by atoms with van der Waals surface area (Å²) in [6, 6.07) is 0. The number of thioether (sulfide) groups is 2. The minimum atomic E-state index is 0.857. The van der Waals surface area contributed by atoms with Crippen molar-refractivity contribution < 1.29 is 0 Å². The van der Waals surface area contributed by atoms with Gasteiger partial charge in [0.2, 0.25) is 0 Å². The highest BCUT2D eigenvalue weighted by atomic mass is 32.2. The van der Waals surface area contributed by atoms with Gasteiger partial charge < -0.3 is 0 Å². The number of unbranched alkanes of at least 4 members (excludes halogenated alkanes) is 1. The Morgan fingerprint density at radius 1 is 0.714 bits per heavy atom. The quantitative estimate of drug-likeness (QED) is 0.537. The topological polar surface area (TPSA) is 0 Å². The monoisotopic (exact) mass is 234 g/mol. The molecule has 0 heterocycles. The average Bonchev–Trinajstić information content (AvgIpc) is 2.08. The van der Waals surface area contributed by atoms with Crippen LogP contribution in [0.3, 0.4) is 0 Å². The molecule has 0 saturated heterocycles. The van der Waals surface area contributed by atoms with Crippen LogP contribution in [-0.4, -0.2) is 23.0 Å². The molecule has 0 aliphatic rings. The van der Waals surface area contributed by atoms with E-state index in [9.17, 15) is 0 Å². The molecule has 0 unspecified atom stereocenters. The predicted molar refractivity (Wildman–Crippen MR) is 73.6 cm³/mol. The summed E-state index contributed by atoms with van der Waals surface area (Å²) in [5.74, 6) is 7.10. The summed E-state index contributed by atoms with van der Waals surface area (Å²) in [5, 5.41) is 0. The Labute approximate surface area is 99.0 Å². The Morgan fingerprint density at radius 3 is 1.36 bits per heavy atom. The van der Waals surface area contributed by atoms with Crippen molar-refractivity contribution >= 4 is 23.5 Å². The molecule has 86 valence electrons. The highest BCUT2D eigenvalue weighted by Gasteiger charge is 1.96. The number of rotatable bonds is 9. The summed E-state index contributed by atoms with van der Waals surface area (Å²) in [6.45, 7) is 9.19. The van der Waals surface area contributed by atoms with Crippen molar-refractivity contribution in [2.24, 2.45) is 11.8 Å². The third-order valence-corrected chi connectivity index (χ3v) is 4.69. The molecule has 0 radical (unpaired) electrons. The zero-order chi connectivity index (χ0) is 10.8. The second-order valence-corrected chi connectivity index (χ2v) is 6.94. The lowest BCUT2D eigenvalue weighted by atomic mass is 10.3. The Balaban J connectivity index is 2.92. The molecule has 0 aromatic rings.